The molecule has 0 amide bonds. The lowest BCUT2D eigenvalue weighted by molar-refractivity contribution is 0.254. The van der Waals surface area contributed by atoms with Crippen molar-refractivity contribution in [1.29, 1.82) is 0 Å². The van der Waals surface area contributed by atoms with Crippen molar-refractivity contribution >= 4 is 10.0 Å². The van der Waals surface area contributed by atoms with Crippen LogP contribution in [-0.4, -0.2) is 38.5 Å². The monoisotopic (exact) mass is 312 g/mol. The quantitative estimate of drug-likeness (QED) is 0.900. The van der Waals surface area contributed by atoms with E-state index in [0.717, 1.165) is 12.8 Å². The van der Waals surface area contributed by atoms with Crippen molar-refractivity contribution in [3.63, 3.8) is 0 Å². The predicted molar refractivity (Wildman–Crippen MR) is 82.7 cm³/mol. The van der Waals surface area contributed by atoms with Crippen LogP contribution >= 0.6 is 0 Å². The van der Waals surface area contributed by atoms with Gasteiger partial charge in [0, 0.05) is 19.1 Å². The van der Waals surface area contributed by atoms with E-state index in [1.165, 1.54) is 4.31 Å². The van der Waals surface area contributed by atoms with Crippen LogP contribution in [0.25, 0.3) is 0 Å². The Labute approximate surface area is 127 Å². The average molecular weight is 312 g/mol. The van der Waals surface area contributed by atoms with E-state index >= 15 is 0 Å². The van der Waals surface area contributed by atoms with Gasteiger partial charge < -0.3 is 10.5 Å². The highest BCUT2D eigenvalue weighted by molar-refractivity contribution is 7.89. The number of nitrogens with zero attached hydrogens (tertiary/aromatic N) is 1. The van der Waals surface area contributed by atoms with Crippen LogP contribution in [0.4, 0.5) is 0 Å². The first-order valence-electron chi connectivity index (χ1n) is 7.42. The third-order valence-electron chi connectivity index (χ3n) is 3.59. The number of piperidine rings is 1. The van der Waals surface area contributed by atoms with Gasteiger partial charge in [-0.1, -0.05) is 13.8 Å². The summed E-state index contributed by atoms with van der Waals surface area (Å²) in [5.41, 5.74) is 5.94. The number of sulfonamides is 1. The highest BCUT2D eigenvalue weighted by Crippen LogP contribution is 2.24. The molecule has 1 aromatic carbocycles. The van der Waals surface area contributed by atoms with Gasteiger partial charge >= 0.3 is 0 Å². The second-order valence-corrected chi connectivity index (χ2v) is 7.68. The number of benzene rings is 1. The van der Waals surface area contributed by atoms with Gasteiger partial charge in [-0.2, -0.15) is 4.31 Å². The molecule has 0 bridgehead atoms. The van der Waals surface area contributed by atoms with Gasteiger partial charge in [-0.25, -0.2) is 8.42 Å². The SMILES string of the molecule is CCCOc1ccc(S(=O)(=O)N2CC(C)CC(N)C2)cc1. The van der Waals surface area contributed by atoms with Crippen molar-refractivity contribution < 1.29 is 13.2 Å². The summed E-state index contributed by atoms with van der Waals surface area (Å²) in [6.07, 6.45) is 1.79. The molecule has 1 aliphatic heterocycles. The Morgan fingerprint density at radius 3 is 2.52 bits per heavy atom. The van der Waals surface area contributed by atoms with E-state index in [9.17, 15) is 8.42 Å². The molecular formula is C15H24N2O3S. The zero-order valence-electron chi connectivity index (χ0n) is 12.7. The summed E-state index contributed by atoms with van der Waals surface area (Å²) in [5.74, 6) is 0.982. The lowest BCUT2D eigenvalue weighted by Crippen LogP contribution is -2.48. The maximum Gasteiger partial charge on any atom is 0.243 e. The van der Waals surface area contributed by atoms with Gasteiger partial charge in [-0.15, -0.1) is 0 Å². The molecule has 1 aromatic rings. The van der Waals surface area contributed by atoms with Gasteiger partial charge in [-0.05, 0) is 43.0 Å². The zero-order chi connectivity index (χ0) is 15.5. The second-order valence-electron chi connectivity index (χ2n) is 5.74. The molecule has 2 unspecified atom stereocenters. The lowest BCUT2D eigenvalue weighted by Gasteiger charge is -2.33. The summed E-state index contributed by atoms with van der Waals surface area (Å²) in [4.78, 5) is 0.299. The highest BCUT2D eigenvalue weighted by Gasteiger charge is 2.31. The Kier molecular flexibility index (Phi) is 5.24. The van der Waals surface area contributed by atoms with E-state index in [1.54, 1.807) is 24.3 Å². The third-order valence-corrected chi connectivity index (χ3v) is 5.44. The molecule has 118 valence electrons. The van der Waals surface area contributed by atoms with Gasteiger partial charge in [-0.3, -0.25) is 0 Å². The zero-order valence-corrected chi connectivity index (χ0v) is 13.5. The molecule has 0 aromatic heterocycles. The second kappa shape index (κ2) is 6.77. The van der Waals surface area contributed by atoms with Crippen molar-refractivity contribution in [3.05, 3.63) is 24.3 Å². The van der Waals surface area contributed by atoms with Crippen molar-refractivity contribution in [1.82, 2.24) is 4.31 Å². The van der Waals surface area contributed by atoms with Gasteiger partial charge in [0.2, 0.25) is 10.0 Å². The molecule has 0 saturated carbocycles. The Balaban J connectivity index is 2.15. The van der Waals surface area contributed by atoms with E-state index in [1.807, 2.05) is 13.8 Å². The minimum absolute atomic E-state index is 0.0873. The molecule has 1 aliphatic rings. The van der Waals surface area contributed by atoms with E-state index in [4.69, 9.17) is 10.5 Å². The Bertz CT molecular complexity index is 547. The highest BCUT2D eigenvalue weighted by atomic mass is 32.2. The molecular weight excluding hydrogens is 288 g/mol. The molecule has 0 aliphatic carbocycles. The summed E-state index contributed by atoms with van der Waals surface area (Å²) >= 11 is 0. The van der Waals surface area contributed by atoms with Crippen LogP contribution in [0, 0.1) is 5.92 Å². The Hall–Kier alpha value is -1.11. The fourth-order valence-corrected chi connectivity index (χ4v) is 4.24. The van der Waals surface area contributed by atoms with Crippen LogP contribution in [-0.2, 0) is 10.0 Å². The van der Waals surface area contributed by atoms with E-state index in [0.29, 0.717) is 30.3 Å². The average Bonchev–Trinajstić information content (AvgIpc) is 2.44. The van der Waals surface area contributed by atoms with Crippen molar-refractivity contribution in [2.24, 2.45) is 11.7 Å². The minimum Gasteiger partial charge on any atom is -0.494 e. The Morgan fingerprint density at radius 2 is 1.95 bits per heavy atom. The maximum absolute atomic E-state index is 12.6. The van der Waals surface area contributed by atoms with Crippen molar-refractivity contribution in [2.45, 2.75) is 37.6 Å². The Morgan fingerprint density at radius 1 is 1.29 bits per heavy atom. The maximum atomic E-state index is 12.6. The standard InChI is InChI=1S/C15H24N2O3S/c1-3-8-20-14-4-6-15(7-5-14)21(18,19)17-10-12(2)9-13(16)11-17/h4-7,12-13H,3,8-11,16H2,1-2H3. The van der Waals surface area contributed by atoms with Crippen molar-refractivity contribution in [3.8, 4) is 5.75 Å². The summed E-state index contributed by atoms with van der Waals surface area (Å²) in [6.45, 7) is 5.61. The molecule has 5 nitrogen and oxygen atoms in total. The van der Waals surface area contributed by atoms with Crippen molar-refractivity contribution in [2.75, 3.05) is 19.7 Å². The van der Waals surface area contributed by atoms with E-state index in [2.05, 4.69) is 0 Å². The normalized spacial score (nSPS) is 24.0. The lowest BCUT2D eigenvalue weighted by atomic mass is 9.99. The largest absolute Gasteiger partial charge is 0.494 e. The number of hydrogen-bond donors (Lipinski definition) is 1. The van der Waals surface area contributed by atoms with Gasteiger partial charge in [0.15, 0.2) is 0 Å². The van der Waals surface area contributed by atoms with Crippen LogP contribution in [0.15, 0.2) is 29.2 Å². The first-order valence-corrected chi connectivity index (χ1v) is 8.86. The summed E-state index contributed by atoms with van der Waals surface area (Å²) in [6, 6.07) is 6.53. The minimum atomic E-state index is -3.47. The first-order chi connectivity index (χ1) is 9.93. The van der Waals surface area contributed by atoms with E-state index < -0.39 is 10.0 Å². The fraction of sp³-hybridized carbons (Fsp3) is 0.600. The number of nitrogens with two attached hydrogens (primary N) is 1. The molecule has 0 radical (unpaired) electrons. The summed E-state index contributed by atoms with van der Waals surface area (Å²) in [5, 5.41) is 0. The van der Waals surface area contributed by atoms with Gasteiger partial charge in [0.05, 0.1) is 11.5 Å². The predicted octanol–water partition coefficient (Wildman–Crippen LogP) is 1.83. The van der Waals surface area contributed by atoms with Gasteiger partial charge in [0.25, 0.3) is 0 Å². The molecule has 2 rings (SSSR count). The molecule has 21 heavy (non-hydrogen) atoms. The number of rotatable bonds is 5. The third kappa shape index (κ3) is 3.96. The summed E-state index contributed by atoms with van der Waals surface area (Å²) in [7, 11) is -3.47. The summed E-state index contributed by atoms with van der Waals surface area (Å²) < 4.78 is 32.2. The van der Waals surface area contributed by atoms with Crippen LogP contribution in [0.1, 0.15) is 26.7 Å². The molecule has 1 heterocycles. The van der Waals surface area contributed by atoms with Crippen LogP contribution in [0.5, 0.6) is 5.75 Å². The topological polar surface area (TPSA) is 72.6 Å². The molecule has 2 N–H and O–H groups in total. The fourth-order valence-electron chi connectivity index (χ4n) is 2.62. The molecule has 1 saturated heterocycles. The van der Waals surface area contributed by atoms with Crippen LogP contribution in [0.2, 0.25) is 0 Å². The molecule has 2 atom stereocenters. The first kappa shape index (κ1) is 16.3. The van der Waals surface area contributed by atoms with Crippen LogP contribution < -0.4 is 10.5 Å². The van der Waals surface area contributed by atoms with Crippen LogP contribution in [0.3, 0.4) is 0 Å². The number of hydrogen-bond acceptors (Lipinski definition) is 4. The number of ether oxygens (including phenoxy) is 1. The molecule has 6 heteroatoms. The molecule has 0 spiro atoms. The smallest absolute Gasteiger partial charge is 0.243 e. The molecule has 1 fully saturated rings. The van der Waals surface area contributed by atoms with E-state index in [-0.39, 0.29) is 12.0 Å². The van der Waals surface area contributed by atoms with Gasteiger partial charge in [0.1, 0.15) is 5.75 Å².